The van der Waals surface area contributed by atoms with Gasteiger partial charge in [-0.1, -0.05) is 54.1 Å². The molecular weight excluding hydrogens is 450 g/mol. The Labute approximate surface area is 210 Å². The normalized spacial score (nSPS) is 21.5. The third kappa shape index (κ3) is 3.66. The Balaban J connectivity index is 1.38. The van der Waals surface area contributed by atoms with Crippen LogP contribution in [0.2, 0.25) is 0 Å². The van der Waals surface area contributed by atoms with E-state index in [-0.39, 0.29) is 11.8 Å². The number of piperidine rings is 1. The molecule has 0 saturated carbocycles. The number of aliphatic hydroxyl groups is 1. The predicted octanol–water partition coefficient (Wildman–Crippen LogP) is 4.41. The molecule has 2 aromatic carbocycles. The van der Waals surface area contributed by atoms with Crippen molar-refractivity contribution >= 4 is 17.2 Å². The van der Waals surface area contributed by atoms with Crippen LogP contribution < -0.4 is 5.73 Å². The Morgan fingerprint density at radius 2 is 1.89 bits per heavy atom. The van der Waals surface area contributed by atoms with Crippen LogP contribution in [0, 0.1) is 6.92 Å². The van der Waals surface area contributed by atoms with E-state index in [9.17, 15) is 9.90 Å². The van der Waals surface area contributed by atoms with Crippen LogP contribution in [0.5, 0.6) is 0 Å². The second-order valence-electron chi connectivity index (χ2n) is 10.4. The number of rotatable bonds is 4. The molecule has 0 radical (unpaired) electrons. The molecule has 3 N–H and O–H groups in total. The molecule has 4 heterocycles. The number of amides is 1. The maximum absolute atomic E-state index is 12.4. The summed E-state index contributed by atoms with van der Waals surface area (Å²) in [4.78, 5) is 23.9. The van der Waals surface area contributed by atoms with E-state index in [4.69, 9.17) is 10.7 Å². The highest BCUT2D eigenvalue weighted by Gasteiger charge is 2.38. The van der Waals surface area contributed by atoms with E-state index >= 15 is 0 Å². The highest BCUT2D eigenvalue weighted by molar-refractivity contribution is 5.85. The van der Waals surface area contributed by atoms with Crippen LogP contribution in [0.3, 0.4) is 0 Å². The smallest absolute Gasteiger partial charge is 0.222 e. The summed E-state index contributed by atoms with van der Waals surface area (Å²) < 4.78 is 2.04. The van der Waals surface area contributed by atoms with Crippen molar-refractivity contribution in [3.05, 3.63) is 83.4 Å². The molecule has 7 nitrogen and oxygen atoms in total. The first-order chi connectivity index (χ1) is 17.3. The average molecular weight is 482 g/mol. The predicted molar refractivity (Wildman–Crippen MR) is 139 cm³/mol. The molecule has 2 aliphatic rings. The number of aryl methyl sites for hydroxylation is 1. The third-order valence-corrected chi connectivity index (χ3v) is 7.99. The minimum atomic E-state index is -1.12. The van der Waals surface area contributed by atoms with E-state index in [1.165, 1.54) is 0 Å². The molecule has 4 aromatic rings. The summed E-state index contributed by atoms with van der Waals surface area (Å²) in [6.07, 6.45) is 7.23. The molecule has 0 aliphatic carbocycles. The zero-order valence-electron chi connectivity index (χ0n) is 20.7. The molecule has 0 spiro atoms. The lowest BCUT2D eigenvalue weighted by Crippen LogP contribution is -2.41. The van der Waals surface area contributed by atoms with E-state index in [2.05, 4.69) is 4.98 Å². The minimum Gasteiger partial charge on any atom is -0.382 e. The Morgan fingerprint density at radius 3 is 2.67 bits per heavy atom. The van der Waals surface area contributed by atoms with Crippen molar-refractivity contribution in [3.8, 4) is 11.3 Å². The van der Waals surface area contributed by atoms with Crippen LogP contribution in [0.1, 0.15) is 61.0 Å². The van der Waals surface area contributed by atoms with Crippen molar-refractivity contribution in [3.63, 3.8) is 0 Å². The quantitative estimate of drug-likeness (QED) is 0.450. The largest absolute Gasteiger partial charge is 0.382 e. The van der Waals surface area contributed by atoms with Crippen LogP contribution in [0.15, 0.2) is 60.9 Å². The van der Waals surface area contributed by atoms with Gasteiger partial charge >= 0.3 is 0 Å². The Morgan fingerprint density at radius 1 is 1.08 bits per heavy atom. The number of carbonyl (C=O) groups is 1. The molecule has 2 aromatic heterocycles. The molecule has 2 saturated heterocycles. The second-order valence-corrected chi connectivity index (χ2v) is 10.4. The van der Waals surface area contributed by atoms with Crippen molar-refractivity contribution in [1.29, 1.82) is 0 Å². The summed E-state index contributed by atoms with van der Waals surface area (Å²) in [5.74, 6) is 1.74. The van der Waals surface area contributed by atoms with Gasteiger partial charge in [-0.3, -0.25) is 9.20 Å². The SMILES string of the molecule is Cc1cccc(C(C)(O)c2ccc(-c3nc([C@@H]4CC[C@H]5CCC(=O)N5C4)n4ccnc(N)c34)cc2)c1. The number of imidazole rings is 1. The number of nitrogen functional groups attached to an aromatic ring is 1. The van der Waals surface area contributed by atoms with Gasteiger partial charge in [0.2, 0.25) is 5.91 Å². The molecule has 36 heavy (non-hydrogen) atoms. The summed E-state index contributed by atoms with van der Waals surface area (Å²) in [5, 5.41) is 11.3. The lowest BCUT2D eigenvalue weighted by atomic mass is 9.87. The first kappa shape index (κ1) is 22.7. The van der Waals surface area contributed by atoms with E-state index in [1.54, 1.807) is 6.20 Å². The lowest BCUT2D eigenvalue weighted by Gasteiger charge is -2.34. The number of anilines is 1. The maximum atomic E-state index is 12.4. The summed E-state index contributed by atoms with van der Waals surface area (Å²) >= 11 is 0. The molecule has 0 bridgehead atoms. The number of hydrogen-bond acceptors (Lipinski definition) is 5. The van der Waals surface area contributed by atoms with Gasteiger partial charge < -0.3 is 15.7 Å². The zero-order chi connectivity index (χ0) is 25.0. The monoisotopic (exact) mass is 481 g/mol. The van der Waals surface area contributed by atoms with Crippen molar-refractivity contribution < 1.29 is 9.90 Å². The topological polar surface area (TPSA) is 96.8 Å². The van der Waals surface area contributed by atoms with E-state index in [0.717, 1.165) is 58.6 Å². The average Bonchev–Trinajstić information content (AvgIpc) is 3.45. The molecular formula is C29H31N5O2. The fourth-order valence-electron chi connectivity index (χ4n) is 5.92. The van der Waals surface area contributed by atoms with Crippen LogP contribution in [0.25, 0.3) is 16.8 Å². The van der Waals surface area contributed by atoms with Crippen molar-refractivity contribution in [2.24, 2.45) is 0 Å². The van der Waals surface area contributed by atoms with Crippen LogP contribution in [-0.4, -0.2) is 42.9 Å². The molecule has 3 atom stereocenters. The van der Waals surface area contributed by atoms with Crippen molar-refractivity contribution in [2.75, 3.05) is 12.3 Å². The Kier molecular flexibility index (Phi) is 5.34. The fourth-order valence-corrected chi connectivity index (χ4v) is 5.92. The number of benzene rings is 2. The van der Waals surface area contributed by atoms with Gasteiger partial charge in [0.1, 0.15) is 28.5 Å². The Hall–Kier alpha value is -3.71. The third-order valence-electron chi connectivity index (χ3n) is 7.99. The van der Waals surface area contributed by atoms with Crippen molar-refractivity contribution in [1.82, 2.24) is 19.3 Å². The summed E-state index contributed by atoms with van der Waals surface area (Å²) in [7, 11) is 0. The van der Waals surface area contributed by atoms with Gasteiger partial charge in [0, 0.05) is 42.9 Å². The number of fused-ring (bicyclic) bond motifs is 2. The van der Waals surface area contributed by atoms with E-state index in [1.807, 2.05) is 77.9 Å². The summed E-state index contributed by atoms with van der Waals surface area (Å²) in [5.41, 5.74) is 10.5. The molecule has 1 amide bonds. The van der Waals surface area contributed by atoms with Gasteiger partial charge in [-0.05, 0) is 44.2 Å². The molecule has 2 fully saturated rings. The van der Waals surface area contributed by atoms with Gasteiger partial charge in [0.25, 0.3) is 0 Å². The maximum Gasteiger partial charge on any atom is 0.222 e. The summed E-state index contributed by atoms with van der Waals surface area (Å²) in [6, 6.07) is 16.2. The minimum absolute atomic E-state index is 0.146. The molecule has 6 rings (SSSR count). The first-order valence-corrected chi connectivity index (χ1v) is 12.7. The van der Waals surface area contributed by atoms with Crippen LogP contribution in [-0.2, 0) is 10.4 Å². The molecule has 1 unspecified atom stereocenters. The van der Waals surface area contributed by atoms with Crippen LogP contribution in [0.4, 0.5) is 5.82 Å². The first-order valence-electron chi connectivity index (χ1n) is 12.7. The van der Waals surface area contributed by atoms with E-state index < -0.39 is 5.60 Å². The fraction of sp³-hybridized carbons (Fsp3) is 0.345. The molecule has 2 aliphatic heterocycles. The molecule has 7 heteroatoms. The van der Waals surface area contributed by atoms with Gasteiger partial charge in [0.15, 0.2) is 0 Å². The van der Waals surface area contributed by atoms with Crippen LogP contribution >= 0.6 is 0 Å². The van der Waals surface area contributed by atoms with Crippen molar-refractivity contribution in [2.45, 2.75) is 57.1 Å². The zero-order valence-corrected chi connectivity index (χ0v) is 20.7. The second kappa shape index (κ2) is 8.45. The van der Waals surface area contributed by atoms with Gasteiger partial charge in [0.05, 0.1) is 0 Å². The number of nitrogens with two attached hydrogens (primary N) is 1. The van der Waals surface area contributed by atoms with E-state index in [0.29, 0.717) is 24.8 Å². The lowest BCUT2D eigenvalue weighted by molar-refractivity contribution is -0.130. The van der Waals surface area contributed by atoms with Gasteiger partial charge in [-0.2, -0.15) is 0 Å². The summed E-state index contributed by atoms with van der Waals surface area (Å²) in [6.45, 7) is 4.54. The number of carbonyl (C=O) groups excluding carboxylic acids is 1. The molecule has 184 valence electrons. The number of nitrogens with zero attached hydrogens (tertiary/aromatic N) is 4. The highest BCUT2D eigenvalue weighted by atomic mass is 16.3. The van der Waals surface area contributed by atoms with Gasteiger partial charge in [-0.25, -0.2) is 9.97 Å². The standard InChI is InChI=1S/C29H31N5O2/c1-18-4-3-5-22(16-18)29(2,36)21-9-6-19(7-10-21)25-26-27(30)31-14-15-33(26)28(32-25)20-8-11-23-12-13-24(35)34(23)17-20/h3-7,9-10,14-16,20,23,36H,8,11-13,17H2,1-2H3,(H2,30,31)/t20-,23+,29?/m1/s1. The Bertz CT molecular complexity index is 1460. The van der Waals surface area contributed by atoms with Gasteiger partial charge in [-0.15, -0.1) is 0 Å². The highest BCUT2D eigenvalue weighted by Crippen LogP contribution is 2.38. The number of aromatic nitrogens is 3. The number of hydrogen-bond donors (Lipinski definition) is 2.